The predicted octanol–water partition coefficient (Wildman–Crippen LogP) is 2.80. The van der Waals surface area contributed by atoms with E-state index >= 15 is 0 Å². The summed E-state index contributed by atoms with van der Waals surface area (Å²) in [6, 6.07) is 2.09. The van der Waals surface area contributed by atoms with Gasteiger partial charge in [0.1, 0.15) is 24.4 Å². The zero-order valence-electron chi connectivity index (χ0n) is 33.8. The minimum atomic E-state index is -1.73. The summed E-state index contributed by atoms with van der Waals surface area (Å²) in [5, 5.41) is 107. The van der Waals surface area contributed by atoms with Gasteiger partial charge >= 0.3 is 5.97 Å². The smallest absolute Gasteiger partial charge is 0.315 e. The third-order valence-electron chi connectivity index (χ3n) is 16.7. The van der Waals surface area contributed by atoms with Crippen LogP contribution < -0.4 is 0 Å². The van der Waals surface area contributed by atoms with Crippen molar-refractivity contribution in [3.63, 3.8) is 0 Å². The van der Waals surface area contributed by atoms with Crippen molar-refractivity contribution in [3.05, 3.63) is 29.3 Å². The van der Waals surface area contributed by atoms with Gasteiger partial charge in [-0.3, -0.25) is 9.59 Å². The van der Waals surface area contributed by atoms with E-state index in [0.717, 1.165) is 24.1 Å². The van der Waals surface area contributed by atoms with Crippen LogP contribution in [0.5, 0.6) is 17.2 Å². The minimum absolute atomic E-state index is 0.0861. The highest BCUT2D eigenvalue weighted by Crippen LogP contribution is 2.76. The second-order valence-corrected chi connectivity index (χ2v) is 20.3. The van der Waals surface area contributed by atoms with Gasteiger partial charge in [0.15, 0.2) is 23.0 Å². The Kier molecular flexibility index (Phi) is 10.3. The lowest BCUT2D eigenvalue weighted by molar-refractivity contribution is -0.298. The summed E-state index contributed by atoms with van der Waals surface area (Å²) in [5.74, 6) is -4.29. The number of aliphatic hydroxyl groups excluding tert-OH is 7. The lowest BCUT2D eigenvalue weighted by Gasteiger charge is -2.72. The predicted molar refractivity (Wildman–Crippen MR) is 202 cm³/mol. The standard InChI is InChI=1S/C43H62O14/c1-38(2)9-11-43(37(55)57-36-33(53)32(52)31(51)28(19-44)56-36)12-10-41(5)21(22(43)15-38)7-8-29-39(3)17-27(49)35(54)40(4,34(39)26(48)18-42(29,41)6)16-25(47)20-13-23(45)30(50)24(46)14-20/h7,13-14,22,26-29,31-36,44-46,48-54H,8-12,15-19H2,1-6H3/t22-,26+,27+,28+,29+,31+,32-,33+,34+,35-,36-,39+,40-,41+,42+,43-/m0/s1. The van der Waals surface area contributed by atoms with E-state index in [4.69, 9.17) is 9.47 Å². The van der Waals surface area contributed by atoms with Gasteiger partial charge in [0, 0.05) is 17.4 Å². The molecule has 1 saturated heterocycles. The highest BCUT2D eigenvalue weighted by Gasteiger charge is 2.73. The number of ether oxygens (including phenoxy) is 2. The molecular weight excluding hydrogens is 740 g/mol. The first kappa shape index (κ1) is 42.3. The minimum Gasteiger partial charge on any atom is -0.504 e. The molecule has 1 aromatic carbocycles. The molecule has 0 radical (unpaired) electrons. The number of allylic oxidation sites excluding steroid dienone is 2. The molecule has 5 fully saturated rings. The van der Waals surface area contributed by atoms with Crippen molar-refractivity contribution >= 4 is 11.8 Å². The Bertz CT molecular complexity index is 1790. The average molecular weight is 803 g/mol. The molecule has 0 spiro atoms. The second-order valence-electron chi connectivity index (χ2n) is 20.3. The first-order valence-electron chi connectivity index (χ1n) is 20.5. The Morgan fingerprint density at radius 1 is 0.807 bits per heavy atom. The van der Waals surface area contributed by atoms with Crippen molar-refractivity contribution in [1.29, 1.82) is 0 Å². The van der Waals surface area contributed by atoms with Crippen LogP contribution in [-0.2, 0) is 14.3 Å². The number of hydrogen-bond acceptors (Lipinski definition) is 14. The number of ketones is 1. The van der Waals surface area contributed by atoms with E-state index in [1.807, 2.05) is 6.92 Å². The zero-order valence-corrected chi connectivity index (χ0v) is 33.8. The summed E-state index contributed by atoms with van der Waals surface area (Å²) < 4.78 is 11.5. The average Bonchev–Trinajstić information content (AvgIpc) is 3.12. The maximum atomic E-state index is 14.6. The fourth-order valence-corrected chi connectivity index (χ4v) is 13.5. The maximum Gasteiger partial charge on any atom is 0.315 e. The first-order chi connectivity index (χ1) is 26.4. The monoisotopic (exact) mass is 802 g/mol. The molecule has 16 atom stereocenters. The molecule has 0 unspecified atom stereocenters. The number of carbonyl (C=O) groups is 2. The molecule has 14 nitrogen and oxygen atoms in total. The topological polar surface area (TPSA) is 255 Å². The fraction of sp³-hybridized carbons (Fsp3) is 0.767. The van der Waals surface area contributed by atoms with Gasteiger partial charge in [-0.25, -0.2) is 0 Å². The molecule has 4 saturated carbocycles. The molecule has 1 aliphatic heterocycles. The zero-order chi connectivity index (χ0) is 42.0. The van der Waals surface area contributed by atoms with Crippen LogP contribution in [0.2, 0.25) is 0 Å². The number of aromatic hydroxyl groups is 3. The van der Waals surface area contributed by atoms with Gasteiger partial charge in [0.2, 0.25) is 6.29 Å². The van der Waals surface area contributed by atoms with E-state index in [0.29, 0.717) is 38.5 Å². The van der Waals surface area contributed by atoms with E-state index in [9.17, 15) is 60.7 Å². The molecule has 318 valence electrons. The largest absolute Gasteiger partial charge is 0.504 e. The van der Waals surface area contributed by atoms with Crippen molar-refractivity contribution in [2.24, 2.45) is 50.2 Å². The molecule has 6 aliphatic rings. The van der Waals surface area contributed by atoms with Gasteiger partial charge < -0.3 is 60.5 Å². The van der Waals surface area contributed by atoms with Crippen molar-refractivity contribution in [3.8, 4) is 17.2 Å². The molecule has 14 heteroatoms. The van der Waals surface area contributed by atoms with Crippen LogP contribution in [0.3, 0.4) is 0 Å². The Labute approximate surface area is 333 Å². The Morgan fingerprint density at radius 2 is 1.44 bits per heavy atom. The Hall–Kier alpha value is -2.82. The maximum absolute atomic E-state index is 14.6. The van der Waals surface area contributed by atoms with Crippen molar-refractivity contribution in [2.45, 2.75) is 148 Å². The third-order valence-corrected chi connectivity index (χ3v) is 16.7. The highest BCUT2D eigenvalue weighted by molar-refractivity contribution is 5.97. The number of rotatable bonds is 6. The lowest BCUT2D eigenvalue weighted by atomic mass is 9.32. The van der Waals surface area contributed by atoms with Crippen LogP contribution in [0.25, 0.3) is 0 Å². The van der Waals surface area contributed by atoms with Crippen LogP contribution >= 0.6 is 0 Å². The van der Waals surface area contributed by atoms with E-state index in [1.54, 1.807) is 6.92 Å². The lowest BCUT2D eigenvalue weighted by Crippen LogP contribution is -2.71. The summed E-state index contributed by atoms with van der Waals surface area (Å²) in [6.45, 7) is 11.8. The van der Waals surface area contributed by atoms with Crippen LogP contribution in [0, 0.1) is 50.2 Å². The molecule has 0 aromatic heterocycles. The summed E-state index contributed by atoms with van der Waals surface area (Å²) >= 11 is 0. The number of phenolic OH excluding ortho intramolecular Hbond substituents is 3. The van der Waals surface area contributed by atoms with E-state index in [1.165, 1.54) is 0 Å². The molecule has 1 heterocycles. The number of phenols is 3. The molecular formula is C43H62O14. The third kappa shape index (κ3) is 6.09. The summed E-state index contributed by atoms with van der Waals surface area (Å²) in [6.07, 6.45) is -5.65. The Morgan fingerprint density at radius 3 is 2.07 bits per heavy atom. The number of aliphatic hydroxyl groups is 7. The fourth-order valence-electron chi connectivity index (χ4n) is 13.5. The van der Waals surface area contributed by atoms with Crippen molar-refractivity contribution in [2.75, 3.05) is 6.61 Å². The summed E-state index contributed by atoms with van der Waals surface area (Å²) in [4.78, 5) is 28.4. The highest BCUT2D eigenvalue weighted by atomic mass is 16.7. The molecule has 10 N–H and O–H groups in total. The molecule has 0 amide bonds. The Balaban J connectivity index is 1.24. The van der Waals surface area contributed by atoms with Gasteiger partial charge in [-0.2, -0.15) is 0 Å². The van der Waals surface area contributed by atoms with E-state index in [2.05, 4.69) is 33.8 Å². The van der Waals surface area contributed by atoms with Gasteiger partial charge in [-0.05, 0) is 103 Å². The number of esters is 1. The van der Waals surface area contributed by atoms with Crippen LogP contribution in [0.1, 0.15) is 110 Å². The normalized spacial score (nSPS) is 47.7. The van der Waals surface area contributed by atoms with Gasteiger partial charge in [0.25, 0.3) is 0 Å². The summed E-state index contributed by atoms with van der Waals surface area (Å²) in [5.41, 5.74) is -3.35. The number of hydrogen-bond donors (Lipinski definition) is 10. The van der Waals surface area contributed by atoms with Crippen molar-refractivity contribution < 1.29 is 70.1 Å². The van der Waals surface area contributed by atoms with Crippen molar-refractivity contribution in [1.82, 2.24) is 0 Å². The van der Waals surface area contributed by atoms with Gasteiger partial charge in [-0.15, -0.1) is 0 Å². The number of Topliss-reactive ketones (excluding diaryl/α,β-unsaturated/α-hetero) is 1. The molecule has 1 aromatic rings. The quantitative estimate of drug-likeness (QED) is 0.0860. The molecule has 7 rings (SSSR count). The molecule has 0 bridgehead atoms. The second kappa shape index (κ2) is 13.9. The molecule has 57 heavy (non-hydrogen) atoms. The van der Waals surface area contributed by atoms with Crippen LogP contribution in [0.4, 0.5) is 0 Å². The first-order valence-corrected chi connectivity index (χ1v) is 20.5. The van der Waals surface area contributed by atoms with E-state index in [-0.39, 0.29) is 35.7 Å². The number of fused-ring (bicyclic) bond motifs is 7. The van der Waals surface area contributed by atoms with Crippen LogP contribution in [-0.4, -0.2) is 118 Å². The van der Waals surface area contributed by atoms with Gasteiger partial charge in [0.05, 0.1) is 30.3 Å². The summed E-state index contributed by atoms with van der Waals surface area (Å²) in [7, 11) is 0. The van der Waals surface area contributed by atoms with Gasteiger partial charge in [-0.1, -0.05) is 53.2 Å². The molecule has 5 aliphatic carbocycles. The van der Waals surface area contributed by atoms with E-state index < -0.39 is 118 Å². The number of benzene rings is 1. The van der Waals surface area contributed by atoms with Crippen LogP contribution in [0.15, 0.2) is 23.8 Å². The number of carbonyl (C=O) groups excluding carboxylic acids is 2. The SMILES string of the molecule is CC1(C)CC[C@]2(C(=O)O[C@@H]3O[C@H](CO)[C@@H](O)[C@H](O)[C@H]3O)CC[C@]3(C)C(=CC[C@@H]4[C@@]5(C)C[C@@H](O)[C@H](O)[C@@](C)(CC(=O)c6cc(O)c(O)c(O)c6)[C@@H]5[C@H](O)C[C@]43C)[C@@H]2C1.